The summed E-state index contributed by atoms with van der Waals surface area (Å²) in [6.45, 7) is 0. The van der Waals surface area contributed by atoms with Crippen LogP contribution in [0.25, 0.3) is 43.8 Å². The number of fused-ring (bicyclic) bond motifs is 1. The summed E-state index contributed by atoms with van der Waals surface area (Å²) in [5, 5.41) is 4.87. The van der Waals surface area contributed by atoms with Gasteiger partial charge in [-0.05, 0) is 81.2 Å². The molecule has 0 fully saturated rings. The Morgan fingerprint density at radius 1 is 0.388 bits per heavy atom. The standard InChI is InChI=1S/C47H31NO/c1-3-12-32(13-4-1)33-24-28-37(29-25-33)48(42-21-9-15-34-14-7-8-18-39(34)42)38-30-26-36(27-31-38)47(35-16-5-2-6-17-35)40-19-10-22-43-45(40)46-41(47)20-11-23-44(46)49-43/h1-31H. The topological polar surface area (TPSA) is 16.4 Å². The van der Waals surface area contributed by atoms with Crippen molar-refractivity contribution in [2.75, 3.05) is 4.90 Å². The van der Waals surface area contributed by atoms with E-state index < -0.39 is 5.41 Å². The molecule has 1 aliphatic rings. The molecule has 0 spiro atoms. The van der Waals surface area contributed by atoms with Gasteiger partial charge in [-0.25, -0.2) is 0 Å². The van der Waals surface area contributed by atoms with Crippen LogP contribution in [-0.2, 0) is 5.41 Å². The minimum absolute atomic E-state index is 0.470. The molecule has 1 heterocycles. The van der Waals surface area contributed by atoms with Crippen molar-refractivity contribution in [3.05, 3.63) is 210 Å². The minimum atomic E-state index is -0.470. The van der Waals surface area contributed by atoms with Crippen molar-refractivity contribution < 1.29 is 4.42 Å². The fourth-order valence-electron chi connectivity index (χ4n) is 8.24. The molecule has 0 N–H and O–H groups in total. The molecule has 230 valence electrons. The van der Waals surface area contributed by atoms with E-state index in [1.54, 1.807) is 0 Å². The van der Waals surface area contributed by atoms with E-state index >= 15 is 0 Å². The summed E-state index contributed by atoms with van der Waals surface area (Å²) < 4.78 is 6.35. The van der Waals surface area contributed by atoms with Crippen molar-refractivity contribution in [2.24, 2.45) is 0 Å². The zero-order valence-electron chi connectivity index (χ0n) is 26.8. The smallest absolute Gasteiger partial charge is 0.135 e. The highest BCUT2D eigenvalue weighted by molar-refractivity contribution is 6.14. The Hall–Kier alpha value is -6.38. The molecular formula is C47H31NO. The van der Waals surface area contributed by atoms with Crippen LogP contribution in [-0.4, -0.2) is 0 Å². The Bertz CT molecular complexity index is 2570. The van der Waals surface area contributed by atoms with Gasteiger partial charge in [0.15, 0.2) is 0 Å². The number of hydrogen-bond donors (Lipinski definition) is 0. The zero-order chi connectivity index (χ0) is 32.4. The molecule has 49 heavy (non-hydrogen) atoms. The normalized spacial score (nSPS) is 13.1. The fourth-order valence-corrected chi connectivity index (χ4v) is 8.24. The third-order valence-corrected chi connectivity index (χ3v) is 10.3. The summed E-state index contributed by atoms with van der Waals surface area (Å²) in [5.41, 5.74) is 12.2. The van der Waals surface area contributed by atoms with Gasteiger partial charge in [0.2, 0.25) is 0 Å². The zero-order valence-corrected chi connectivity index (χ0v) is 26.8. The van der Waals surface area contributed by atoms with Crippen LogP contribution in [0.2, 0.25) is 0 Å². The molecule has 0 radical (unpaired) electrons. The number of rotatable bonds is 6. The van der Waals surface area contributed by atoms with Crippen molar-refractivity contribution in [1.29, 1.82) is 0 Å². The Labute approximate surface area is 285 Å². The summed E-state index contributed by atoms with van der Waals surface area (Å²) in [4.78, 5) is 2.39. The molecule has 0 amide bonds. The molecule has 2 nitrogen and oxygen atoms in total. The predicted molar refractivity (Wildman–Crippen MR) is 203 cm³/mol. The molecule has 0 saturated heterocycles. The molecule has 8 aromatic carbocycles. The molecule has 9 aromatic rings. The van der Waals surface area contributed by atoms with Crippen LogP contribution in [0.15, 0.2) is 192 Å². The lowest BCUT2D eigenvalue weighted by Crippen LogP contribution is -2.29. The number of hydrogen-bond acceptors (Lipinski definition) is 2. The number of anilines is 3. The average Bonchev–Trinajstić information content (AvgIpc) is 3.72. The van der Waals surface area contributed by atoms with Crippen molar-refractivity contribution in [2.45, 2.75) is 5.41 Å². The van der Waals surface area contributed by atoms with E-state index in [0.717, 1.165) is 28.2 Å². The van der Waals surface area contributed by atoms with Crippen LogP contribution in [0, 0.1) is 0 Å². The molecule has 0 unspecified atom stereocenters. The van der Waals surface area contributed by atoms with Gasteiger partial charge in [-0.2, -0.15) is 0 Å². The second-order valence-corrected chi connectivity index (χ2v) is 12.9. The highest BCUT2D eigenvalue weighted by Crippen LogP contribution is 2.56. The van der Waals surface area contributed by atoms with Crippen LogP contribution in [0.4, 0.5) is 17.1 Å². The maximum Gasteiger partial charge on any atom is 0.135 e. The third kappa shape index (κ3) is 4.07. The van der Waals surface area contributed by atoms with E-state index in [-0.39, 0.29) is 0 Å². The van der Waals surface area contributed by atoms with Crippen LogP contribution < -0.4 is 4.90 Å². The first kappa shape index (κ1) is 27.7. The van der Waals surface area contributed by atoms with Crippen LogP contribution in [0.3, 0.4) is 0 Å². The molecule has 0 atom stereocenters. The van der Waals surface area contributed by atoms with Gasteiger partial charge in [-0.3, -0.25) is 0 Å². The summed E-state index contributed by atoms with van der Waals surface area (Å²) in [7, 11) is 0. The van der Waals surface area contributed by atoms with Crippen molar-refractivity contribution >= 4 is 49.8 Å². The lowest BCUT2D eigenvalue weighted by Gasteiger charge is -2.35. The number of benzene rings is 8. The lowest BCUT2D eigenvalue weighted by molar-refractivity contribution is 0.663. The van der Waals surface area contributed by atoms with Gasteiger partial charge in [0.1, 0.15) is 11.2 Å². The average molecular weight is 626 g/mol. The van der Waals surface area contributed by atoms with Crippen LogP contribution >= 0.6 is 0 Å². The van der Waals surface area contributed by atoms with Gasteiger partial charge in [-0.15, -0.1) is 0 Å². The maximum absolute atomic E-state index is 6.35. The Balaban J connectivity index is 1.17. The highest BCUT2D eigenvalue weighted by atomic mass is 16.3. The fraction of sp³-hybridized carbons (Fsp3) is 0.0213. The largest absolute Gasteiger partial charge is 0.456 e. The molecule has 0 aliphatic heterocycles. The quantitative estimate of drug-likeness (QED) is 0.183. The summed E-state index contributed by atoms with van der Waals surface area (Å²) >= 11 is 0. The SMILES string of the molecule is c1ccc(-c2ccc(N(c3ccc(C4(c5ccccc5)c5cccc6oc7cccc4c7c56)cc3)c3cccc4ccccc34)cc2)cc1. The Kier molecular flexibility index (Phi) is 6.13. The van der Waals surface area contributed by atoms with E-state index in [2.05, 4.69) is 193 Å². The molecule has 1 aliphatic carbocycles. The highest BCUT2D eigenvalue weighted by Gasteiger charge is 2.46. The summed E-state index contributed by atoms with van der Waals surface area (Å²) in [6.07, 6.45) is 0. The molecular weight excluding hydrogens is 595 g/mol. The molecule has 0 bridgehead atoms. The van der Waals surface area contributed by atoms with Gasteiger partial charge >= 0.3 is 0 Å². The summed E-state index contributed by atoms with van der Waals surface area (Å²) in [6, 6.07) is 67.9. The van der Waals surface area contributed by atoms with Gasteiger partial charge < -0.3 is 9.32 Å². The maximum atomic E-state index is 6.35. The van der Waals surface area contributed by atoms with E-state index in [1.165, 1.54) is 54.9 Å². The van der Waals surface area contributed by atoms with Gasteiger partial charge in [0.05, 0.1) is 11.1 Å². The molecule has 0 saturated carbocycles. The number of nitrogens with zero attached hydrogens (tertiary/aromatic N) is 1. The van der Waals surface area contributed by atoms with Gasteiger partial charge in [0.25, 0.3) is 0 Å². The number of furan rings is 1. The monoisotopic (exact) mass is 625 g/mol. The summed E-state index contributed by atoms with van der Waals surface area (Å²) in [5.74, 6) is 0. The predicted octanol–water partition coefficient (Wildman–Crippen LogP) is 12.6. The van der Waals surface area contributed by atoms with Crippen molar-refractivity contribution in [3.8, 4) is 11.1 Å². The Morgan fingerprint density at radius 2 is 0.898 bits per heavy atom. The van der Waals surface area contributed by atoms with Gasteiger partial charge in [-0.1, -0.05) is 146 Å². The van der Waals surface area contributed by atoms with E-state index in [9.17, 15) is 0 Å². The van der Waals surface area contributed by atoms with Crippen molar-refractivity contribution in [3.63, 3.8) is 0 Å². The molecule has 1 aromatic heterocycles. The third-order valence-electron chi connectivity index (χ3n) is 10.3. The molecule has 10 rings (SSSR count). The van der Waals surface area contributed by atoms with E-state index in [4.69, 9.17) is 4.42 Å². The van der Waals surface area contributed by atoms with E-state index in [1.807, 2.05) is 0 Å². The lowest BCUT2D eigenvalue weighted by atomic mass is 9.67. The van der Waals surface area contributed by atoms with Crippen LogP contribution in [0.5, 0.6) is 0 Å². The second kappa shape index (κ2) is 10.8. The van der Waals surface area contributed by atoms with Crippen molar-refractivity contribution in [1.82, 2.24) is 0 Å². The Morgan fingerprint density at radius 3 is 1.57 bits per heavy atom. The first-order chi connectivity index (χ1) is 24.3. The second-order valence-electron chi connectivity index (χ2n) is 12.9. The van der Waals surface area contributed by atoms with E-state index in [0.29, 0.717) is 0 Å². The molecule has 2 heteroatoms. The minimum Gasteiger partial charge on any atom is -0.456 e. The first-order valence-corrected chi connectivity index (χ1v) is 16.9. The first-order valence-electron chi connectivity index (χ1n) is 16.9. The van der Waals surface area contributed by atoms with Crippen LogP contribution in [0.1, 0.15) is 22.3 Å². The van der Waals surface area contributed by atoms with Gasteiger partial charge in [0, 0.05) is 27.5 Å².